The van der Waals surface area contributed by atoms with Crippen molar-refractivity contribution < 1.29 is 22.2 Å². The molecule has 213 valence electrons. The first kappa shape index (κ1) is 38.9. The SMILES string of the molecule is CC[O-].C[Si](C)(C)/N=C(/[N-][Si](C)(C)C)c1ccccc1.C[Si](C)(C)/N=C(/[N-][Si](C)(C)C)c1ccccc1.[Fe+3]. The molecule has 0 N–H and O–H groups in total. The third-order valence-corrected chi connectivity index (χ3v) is 7.36. The fourth-order valence-corrected chi connectivity index (χ4v) is 6.21. The summed E-state index contributed by atoms with van der Waals surface area (Å²) in [6.07, 6.45) is 0. The third-order valence-electron chi connectivity index (χ3n) is 3.83. The van der Waals surface area contributed by atoms with Gasteiger partial charge >= 0.3 is 17.1 Å². The van der Waals surface area contributed by atoms with E-state index >= 15 is 0 Å². The second-order valence-corrected chi connectivity index (χ2v) is 31.1. The predicted octanol–water partition coefficient (Wildman–Crippen LogP) is 8.32. The minimum atomic E-state index is -1.49. The van der Waals surface area contributed by atoms with Crippen molar-refractivity contribution in [3.63, 3.8) is 0 Å². The fraction of sp³-hybridized carbons (Fsp3) is 0.500. The molecule has 38 heavy (non-hydrogen) atoms. The summed E-state index contributed by atoms with van der Waals surface area (Å²) in [7, 11) is -5.95. The number of benzene rings is 2. The van der Waals surface area contributed by atoms with Crippen LogP contribution in [-0.4, -0.2) is 51.2 Å². The fourth-order valence-electron chi connectivity index (χ4n) is 2.75. The smallest absolute Gasteiger partial charge is 0.855 e. The Labute approximate surface area is 248 Å². The molecule has 10 heteroatoms. The van der Waals surface area contributed by atoms with Crippen molar-refractivity contribution in [1.82, 2.24) is 0 Å². The summed E-state index contributed by atoms with van der Waals surface area (Å²) < 4.78 is 9.78. The molecule has 0 saturated carbocycles. The second kappa shape index (κ2) is 17.4. The third kappa shape index (κ3) is 21.6. The molecule has 0 bridgehead atoms. The number of rotatable bonds is 6. The van der Waals surface area contributed by atoms with Crippen LogP contribution in [0.3, 0.4) is 0 Å². The van der Waals surface area contributed by atoms with E-state index in [9.17, 15) is 0 Å². The van der Waals surface area contributed by atoms with Crippen molar-refractivity contribution in [2.75, 3.05) is 6.61 Å². The Hall–Kier alpha value is -1.27. The molecule has 0 spiro atoms. The average molecular weight is 628 g/mol. The number of nitrogens with zero attached hydrogens (tertiary/aromatic N) is 4. The Morgan fingerprint density at radius 1 is 0.579 bits per heavy atom. The first-order chi connectivity index (χ1) is 16.8. The minimum Gasteiger partial charge on any atom is -0.855 e. The predicted molar refractivity (Wildman–Crippen MR) is 177 cm³/mol. The van der Waals surface area contributed by atoms with Gasteiger partial charge in [-0.1, -0.05) is 158 Å². The van der Waals surface area contributed by atoms with Crippen molar-refractivity contribution in [3.05, 3.63) is 81.8 Å². The van der Waals surface area contributed by atoms with Gasteiger partial charge in [-0.15, -0.1) is 6.61 Å². The van der Waals surface area contributed by atoms with Crippen LogP contribution in [0.2, 0.25) is 78.6 Å². The van der Waals surface area contributed by atoms with Crippen LogP contribution in [0.4, 0.5) is 0 Å². The molecule has 0 aromatic heterocycles. The largest absolute Gasteiger partial charge is 3.00 e. The second-order valence-electron chi connectivity index (χ2n) is 12.8. The van der Waals surface area contributed by atoms with Crippen LogP contribution in [0.1, 0.15) is 18.1 Å². The summed E-state index contributed by atoms with van der Waals surface area (Å²) >= 11 is 0. The zero-order valence-electron chi connectivity index (χ0n) is 26.0. The molecule has 0 heterocycles. The quantitative estimate of drug-likeness (QED) is 0.180. The Bertz CT molecular complexity index is 881. The monoisotopic (exact) mass is 627 g/mol. The van der Waals surface area contributed by atoms with Gasteiger partial charge in [0, 0.05) is 32.9 Å². The van der Waals surface area contributed by atoms with Gasteiger partial charge in [-0.3, -0.25) is 0 Å². The zero-order valence-corrected chi connectivity index (χ0v) is 31.1. The van der Waals surface area contributed by atoms with Crippen LogP contribution in [0.5, 0.6) is 0 Å². The van der Waals surface area contributed by atoms with E-state index in [4.69, 9.17) is 24.4 Å². The van der Waals surface area contributed by atoms with E-state index in [2.05, 4.69) is 127 Å². The van der Waals surface area contributed by atoms with Crippen molar-refractivity contribution >= 4 is 44.6 Å². The van der Waals surface area contributed by atoms with E-state index in [0.29, 0.717) is 0 Å². The van der Waals surface area contributed by atoms with Crippen LogP contribution >= 0.6 is 0 Å². The average Bonchev–Trinajstić information content (AvgIpc) is 2.71. The molecular weight excluding hydrogens is 577 g/mol. The van der Waals surface area contributed by atoms with Gasteiger partial charge in [0.1, 0.15) is 0 Å². The summed E-state index contributed by atoms with van der Waals surface area (Å²) in [5, 5.41) is 8.93. The first-order valence-corrected chi connectivity index (χ1v) is 26.9. The number of hydrogen-bond donors (Lipinski definition) is 0. The molecule has 0 aliphatic rings. The maximum atomic E-state index is 8.93. The summed E-state index contributed by atoms with van der Waals surface area (Å²) in [6.45, 7) is 28.5. The van der Waals surface area contributed by atoms with Crippen LogP contribution in [0.15, 0.2) is 70.0 Å². The van der Waals surface area contributed by atoms with Gasteiger partial charge in [-0.05, 0) is 11.1 Å². The van der Waals surface area contributed by atoms with E-state index in [-0.39, 0.29) is 23.7 Å². The van der Waals surface area contributed by atoms with Gasteiger partial charge in [0.05, 0.1) is 0 Å². The van der Waals surface area contributed by atoms with Crippen LogP contribution in [0.25, 0.3) is 9.96 Å². The number of hydrogen-bond acceptors (Lipinski definition) is 3. The summed E-state index contributed by atoms with van der Waals surface area (Å²) in [5.74, 6) is 1.92. The van der Waals surface area contributed by atoms with Crippen LogP contribution in [0, 0.1) is 0 Å². The molecule has 0 aliphatic heterocycles. The summed E-state index contributed by atoms with van der Waals surface area (Å²) in [4.78, 5) is 9.78. The molecule has 0 fully saturated rings. The van der Waals surface area contributed by atoms with E-state index in [1.807, 2.05) is 12.1 Å². The first-order valence-electron chi connectivity index (χ1n) is 13.1. The van der Waals surface area contributed by atoms with Crippen molar-refractivity contribution in [2.24, 2.45) is 9.32 Å². The van der Waals surface area contributed by atoms with Gasteiger partial charge in [-0.25, -0.2) is 0 Å². The Morgan fingerprint density at radius 2 is 0.816 bits per heavy atom. The molecule has 0 amide bonds. The normalized spacial score (nSPS) is 12.7. The standard InChI is InChI=1S/2C13H23N2Si2.C2H5O.Fe/c2*1-16(2,3)14-13(15-17(4,5)6)12-10-8-7-9-11-12;1-2-3;/h2*7-11H,1-6H3;2H2,1H3;/q3*-1;+3. The van der Waals surface area contributed by atoms with E-state index in [1.54, 1.807) is 6.92 Å². The Kier molecular flexibility index (Phi) is 17.8. The van der Waals surface area contributed by atoms with E-state index < -0.39 is 32.9 Å². The molecule has 5 nitrogen and oxygen atoms in total. The van der Waals surface area contributed by atoms with E-state index in [1.165, 1.54) is 0 Å². The molecule has 2 aromatic rings. The van der Waals surface area contributed by atoms with Gasteiger partial charge in [-0.2, -0.15) is 0 Å². The van der Waals surface area contributed by atoms with Crippen molar-refractivity contribution in [1.29, 1.82) is 0 Å². The summed E-state index contributed by atoms with van der Waals surface area (Å²) in [5.41, 5.74) is 2.30. The van der Waals surface area contributed by atoms with Gasteiger partial charge in [0.15, 0.2) is 0 Å². The van der Waals surface area contributed by atoms with Crippen molar-refractivity contribution in [3.8, 4) is 0 Å². The van der Waals surface area contributed by atoms with Crippen LogP contribution < -0.4 is 5.11 Å². The van der Waals surface area contributed by atoms with Crippen molar-refractivity contribution in [2.45, 2.75) is 85.5 Å². The molecule has 2 aromatic carbocycles. The molecule has 0 aliphatic carbocycles. The minimum absolute atomic E-state index is 0. The molecule has 2 rings (SSSR count). The molecular formula is C28H51FeN4OSi4. The maximum absolute atomic E-state index is 8.93. The molecule has 1 radical (unpaired) electrons. The van der Waals surface area contributed by atoms with Gasteiger partial charge < -0.3 is 24.4 Å². The zero-order chi connectivity index (χ0) is 28.9. The molecule has 0 unspecified atom stereocenters. The molecule has 0 atom stereocenters. The maximum Gasteiger partial charge on any atom is 3.00 e. The number of amidine groups is 2. The topological polar surface area (TPSA) is 76.0 Å². The van der Waals surface area contributed by atoms with Crippen LogP contribution in [-0.2, 0) is 17.1 Å². The Balaban J connectivity index is 0. The van der Waals surface area contributed by atoms with Gasteiger partial charge in [0.25, 0.3) is 0 Å². The summed E-state index contributed by atoms with van der Waals surface area (Å²) in [6, 6.07) is 20.7. The van der Waals surface area contributed by atoms with E-state index in [0.717, 1.165) is 22.8 Å². The Morgan fingerprint density at radius 3 is 1.00 bits per heavy atom. The van der Waals surface area contributed by atoms with Gasteiger partial charge in [0.2, 0.25) is 0 Å². The molecule has 0 saturated heterocycles.